The molecule has 0 N–H and O–H groups in total. The summed E-state index contributed by atoms with van der Waals surface area (Å²) in [5.41, 5.74) is 4.30. The van der Waals surface area contributed by atoms with Crippen LogP contribution in [0.2, 0.25) is 0 Å². The molecule has 5 nitrogen and oxygen atoms in total. The van der Waals surface area contributed by atoms with E-state index in [1.54, 1.807) is 14.2 Å². The summed E-state index contributed by atoms with van der Waals surface area (Å²) < 4.78 is 18.4. The molecule has 0 spiro atoms. The van der Waals surface area contributed by atoms with Crippen LogP contribution in [0.5, 0.6) is 17.2 Å². The predicted octanol–water partition coefficient (Wildman–Crippen LogP) is 5.71. The first kappa shape index (κ1) is 19.0. The lowest BCUT2D eigenvalue weighted by atomic mass is 9.96. The molecule has 0 amide bonds. The summed E-state index contributed by atoms with van der Waals surface area (Å²) in [6.07, 6.45) is 0.476. The molecule has 0 bridgehead atoms. The third-order valence-corrected chi connectivity index (χ3v) is 6.10. The van der Waals surface area contributed by atoms with E-state index in [1.165, 1.54) is 0 Å². The van der Waals surface area contributed by atoms with Crippen molar-refractivity contribution in [2.75, 3.05) is 14.2 Å². The van der Waals surface area contributed by atoms with Gasteiger partial charge in [-0.15, -0.1) is 0 Å². The molecule has 5 rings (SSSR count). The van der Waals surface area contributed by atoms with Crippen molar-refractivity contribution in [1.82, 2.24) is 5.01 Å². The molecule has 2 aliphatic heterocycles. The quantitative estimate of drug-likeness (QED) is 0.495. The van der Waals surface area contributed by atoms with Crippen molar-refractivity contribution in [3.63, 3.8) is 0 Å². The number of para-hydroxylation sites is 1. The number of hydrogen-bond donors (Lipinski definition) is 0. The molecule has 2 aliphatic rings. The van der Waals surface area contributed by atoms with E-state index in [-0.39, 0.29) is 12.3 Å². The van der Waals surface area contributed by atoms with Gasteiger partial charge in [0, 0.05) is 22.0 Å². The Labute approximate surface area is 184 Å². The largest absolute Gasteiger partial charge is 0.493 e. The molecule has 0 unspecified atom stereocenters. The van der Waals surface area contributed by atoms with Crippen LogP contribution in [0.4, 0.5) is 0 Å². The fourth-order valence-electron chi connectivity index (χ4n) is 4.08. The smallest absolute Gasteiger partial charge is 0.214 e. The Morgan fingerprint density at radius 3 is 2.50 bits per heavy atom. The molecule has 2 heterocycles. The van der Waals surface area contributed by atoms with E-state index in [2.05, 4.69) is 45.2 Å². The number of rotatable bonds is 4. The van der Waals surface area contributed by atoms with E-state index >= 15 is 0 Å². The standard InChI is InChI=1S/C24H21BrN2O3/c1-28-22-12-9-16(13-23(22)29-2)24-27-20(18-5-3-4-6-21(18)30-24)14-19(26-27)15-7-10-17(25)11-8-15/h3-13,20,24H,14H2,1-2H3/t20-,24-/m1/s1. The van der Waals surface area contributed by atoms with Crippen LogP contribution in [0.1, 0.15) is 35.4 Å². The highest BCUT2D eigenvalue weighted by Crippen LogP contribution is 2.48. The van der Waals surface area contributed by atoms with Crippen molar-refractivity contribution in [1.29, 1.82) is 0 Å². The molecule has 0 radical (unpaired) electrons. The SMILES string of the molecule is COc1ccc([C@H]2Oc3ccccc3[C@H]3CC(c4ccc(Br)cc4)=NN32)cc1OC. The van der Waals surface area contributed by atoms with E-state index < -0.39 is 0 Å². The van der Waals surface area contributed by atoms with Gasteiger partial charge < -0.3 is 14.2 Å². The molecule has 6 heteroatoms. The highest BCUT2D eigenvalue weighted by atomic mass is 79.9. The molecule has 0 fully saturated rings. The van der Waals surface area contributed by atoms with E-state index in [1.807, 2.05) is 42.5 Å². The van der Waals surface area contributed by atoms with Crippen LogP contribution in [-0.2, 0) is 0 Å². The lowest BCUT2D eigenvalue weighted by Gasteiger charge is -2.38. The second-order valence-electron chi connectivity index (χ2n) is 7.28. The molecule has 0 saturated carbocycles. The van der Waals surface area contributed by atoms with Gasteiger partial charge in [0.15, 0.2) is 11.5 Å². The number of nitrogens with zero attached hydrogens (tertiary/aromatic N) is 2. The zero-order valence-corrected chi connectivity index (χ0v) is 18.3. The third kappa shape index (κ3) is 3.21. The van der Waals surface area contributed by atoms with Crippen LogP contribution < -0.4 is 14.2 Å². The maximum atomic E-state index is 6.42. The van der Waals surface area contributed by atoms with Crippen LogP contribution >= 0.6 is 15.9 Å². The van der Waals surface area contributed by atoms with Crippen LogP contribution in [0.3, 0.4) is 0 Å². The maximum absolute atomic E-state index is 6.42. The van der Waals surface area contributed by atoms with Crippen molar-refractivity contribution in [2.24, 2.45) is 5.10 Å². The first-order valence-corrected chi connectivity index (χ1v) is 10.6. The average molecular weight is 465 g/mol. The zero-order valence-electron chi connectivity index (χ0n) is 16.7. The first-order chi connectivity index (χ1) is 14.7. The number of benzene rings is 3. The molecular formula is C24H21BrN2O3. The van der Waals surface area contributed by atoms with Gasteiger partial charge in [-0.25, -0.2) is 5.01 Å². The van der Waals surface area contributed by atoms with Crippen molar-refractivity contribution >= 4 is 21.6 Å². The predicted molar refractivity (Wildman–Crippen MR) is 119 cm³/mol. The minimum atomic E-state index is -0.349. The van der Waals surface area contributed by atoms with Crippen molar-refractivity contribution in [2.45, 2.75) is 18.7 Å². The number of methoxy groups -OCH3 is 2. The van der Waals surface area contributed by atoms with Crippen molar-refractivity contribution < 1.29 is 14.2 Å². The maximum Gasteiger partial charge on any atom is 0.214 e. The van der Waals surface area contributed by atoms with E-state index in [9.17, 15) is 0 Å². The summed E-state index contributed by atoms with van der Waals surface area (Å²) in [5, 5.41) is 7.07. The molecule has 0 aromatic heterocycles. The Morgan fingerprint density at radius 1 is 0.967 bits per heavy atom. The number of fused-ring (bicyclic) bond motifs is 3. The fourth-order valence-corrected chi connectivity index (χ4v) is 4.34. The van der Waals surface area contributed by atoms with E-state index in [4.69, 9.17) is 19.3 Å². The van der Waals surface area contributed by atoms with Gasteiger partial charge in [-0.2, -0.15) is 5.10 Å². The van der Waals surface area contributed by atoms with Gasteiger partial charge in [0.2, 0.25) is 6.23 Å². The Hall–Kier alpha value is -2.99. The van der Waals surface area contributed by atoms with Gasteiger partial charge in [0.05, 0.1) is 26.0 Å². The monoisotopic (exact) mass is 464 g/mol. The van der Waals surface area contributed by atoms with Crippen molar-refractivity contribution in [3.05, 3.63) is 87.9 Å². The molecule has 2 atom stereocenters. The number of hydrazone groups is 1. The van der Waals surface area contributed by atoms with Crippen LogP contribution in [0.15, 0.2) is 76.3 Å². The molecule has 0 aliphatic carbocycles. The summed E-state index contributed by atoms with van der Waals surface area (Å²) in [7, 11) is 3.28. The van der Waals surface area contributed by atoms with E-state index in [0.717, 1.165) is 39.0 Å². The third-order valence-electron chi connectivity index (χ3n) is 5.57. The minimum absolute atomic E-state index is 0.117. The summed E-state index contributed by atoms with van der Waals surface area (Å²) in [6, 6.07) is 22.5. The average Bonchev–Trinajstić information content (AvgIpc) is 3.24. The summed E-state index contributed by atoms with van der Waals surface area (Å²) in [6.45, 7) is 0. The van der Waals surface area contributed by atoms with Crippen LogP contribution in [0.25, 0.3) is 0 Å². The molecule has 0 saturated heterocycles. The summed E-state index contributed by atoms with van der Waals surface area (Å²) in [5.74, 6) is 2.26. The second kappa shape index (κ2) is 7.69. The van der Waals surface area contributed by atoms with Crippen LogP contribution in [-0.4, -0.2) is 24.9 Å². The van der Waals surface area contributed by atoms with Gasteiger partial charge in [-0.05, 0) is 42.0 Å². The Bertz CT molecular complexity index is 1110. The first-order valence-electron chi connectivity index (χ1n) is 9.77. The van der Waals surface area contributed by atoms with Gasteiger partial charge in [-0.3, -0.25) is 0 Å². The molecule has 3 aromatic rings. The Kier molecular flexibility index (Phi) is 4.87. The van der Waals surface area contributed by atoms with Crippen LogP contribution in [0, 0.1) is 0 Å². The highest BCUT2D eigenvalue weighted by molar-refractivity contribution is 9.10. The Morgan fingerprint density at radius 2 is 1.73 bits per heavy atom. The molecule has 30 heavy (non-hydrogen) atoms. The summed E-state index contributed by atoms with van der Waals surface area (Å²) >= 11 is 3.51. The van der Waals surface area contributed by atoms with Gasteiger partial charge in [-0.1, -0.05) is 46.3 Å². The molecule has 152 valence electrons. The van der Waals surface area contributed by atoms with Gasteiger partial charge in [0.25, 0.3) is 0 Å². The number of ether oxygens (including phenoxy) is 3. The van der Waals surface area contributed by atoms with Crippen molar-refractivity contribution in [3.8, 4) is 17.2 Å². The topological polar surface area (TPSA) is 43.3 Å². The molecular weight excluding hydrogens is 444 g/mol. The minimum Gasteiger partial charge on any atom is -0.493 e. The highest BCUT2D eigenvalue weighted by Gasteiger charge is 2.41. The zero-order chi connectivity index (χ0) is 20.7. The number of hydrogen-bond acceptors (Lipinski definition) is 5. The summed E-state index contributed by atoms with van der Waals surface area (Å²) in [4.78, 5) is 0. The lowest BCUT2D eigenvalue weighted by Crippen LogP contribution is -2.33. The molecule has 3 aromatic carbocycles. The second-order valence-corrected chi connectivity index (χ2v) is 8.19. The number of halogens is 1. The van der Waals surface area contributed by atoms with Gasteiger partial charge >= 0.3 is 0 Å². The van der Waals surface area contributed by atoms with E-state index in [0.29, 0.717) is 11.5 Å². The normalized spacial score (nSPS) is 19.4. The van der Waals surface area contributed by atoms with Gasteiger partial charge in [0.1, 0.15) is 5.75 Å². The lowest BCUT2D eigenvalue weighted by molar-refractivity contribution is -0.0191. The fraction of sp³-hybridized carbons (Fsp3) is 0.208. The Balaban J connectivity index is 1.58.